The summed E-state index contributed by atoms with van der Waals surface area (Å²) in [6.07, 6.45) is 47.2. The Balaban J connectivity index is 5.23. The molecule has 0 amide bonds. The normalized spacial score (nSPS) is 14.5. The molecule has 0 heterocycles. The first-order chi connectivity index (χ1) is 43.8. The number of esters is 4. The van der Waals surface area contributed by atoms with Crippen LogP contribution in [0.25, 0.3) is 0 Å². The Labute approximate surface area is 556 Å². The van der Waals surface area contributed by atoms with Crippen molar-refractivity contribution in [3.8, 4) is 0 Å². The fourth-order valence-electron chi connectivity index (χ4n) is 10.9. The third-order valence-corrected chi connectivity index (χ3v) is 18.9. The summed E-state index contributed by atoms with van der Waals surface area (Å²) in [5, 5.41) is 10.6. The standard InChI is InChI=1S/C72H140O17P2/c1-8-10-11-12-13-14-23-32-39-46-53-69(74)82-59-68(89-72(77)56-49-42-35-27-25-30-37-44-51-64(5)6)62-87-91(80,81)85-58-66(73)57-84-90(78,79)86-61-67(60-83-70(75)54-47-40-33-28-26-31-38-45-52-65(7)9-2)88-71(76)55-48-41-34-24-21-19-17-15-16-18-20-22-29-36-43-50-63(3)4/h63-68,73H,8-62H2,1-7H3,(H,78,79)(H,80,81)/t65?,66-,67-,68-/m1/s1. The second-order valence-electron chi connectivity index (χ2n) is 27.2. The summed E-state index contributed by atoms with van der Waals surface area (Å²) < 4.78 is 68.3. The molecule has 17 nitrogen and oxygen atoms in total. The van der Waals surface area contributed by atoms with Crippen molar-refractivity contribution >= 4 is 39.5 Å². The van der Waals surface area contributed by atoms with Crippen LogP contribution in [0, 0.1) is 17.8 Å². The zero-order chi connectivity index (χ0) is 67.3. The molecule has 91 heavy (non-hydrogen) atoms. The SMILES string of the molecule is CCCCCCCCCCCCC(=O)OC[C@H](COP(=O)(O)OC[C@H](O)COP(=O)(O)OC[C@@H](COC(=O)CCCCCCCCCCC(C)CC)OC(=O)CCCCCCCCCCCCCCCCCC(C)C)OC(=O)CCCCCCCCCCC(C)C. The fourth-order valence-corrected chi connectivity index (χ4v) is 12.4. The van der Waals surface area contributed by atoms with Crippen LogP contribution < -0.4 is 0 Å². The van der Waals surface area contributed by atoms with Gasteiger partial charge < -0.3 is 33.8 Å². The van der Waals surface area contributed by atoms with Gasteiger partial charge in [0, 0.05) is 25.7 Å². The predicted octanol–water partition coefficient (Wildman–Crippen LogP) is 20.6. The van der Waals surface area contributed by atoms with Gasteiger partial charge in [0.2, 0.25) is 0 Å². The largest absolute Gasteiger partial charge is 0.472 e. The van der Waals surface area contributed by atoms with E-state index >= 15 is 0 Å². The van der Waals surface area contributed by atoms with Gasteiger partial charge in [0.25, 0.3) is 0 Å². The summed E-state index contributed by atoms with van der Waals surface area (Å²) in [4.78, 5) is 72.6. The molecule has 3 unspecified atom stereocenters. The minimum Gasteiger partial charge on any atom is -0.462 e. The average Bonchev–Trinajstić information content (AvgIpc) is 3.65. The minimum atomic E-state index is -4.95. The monoisotopic (exact) mass is 1340 g/mol. The molecule has 19 heteroatoms. The summed E-state index contributed by atoms with van der Waals surface area (Å²) in [5.41, 5.74) is 0. The van der Waals surface area contributed by atoms with Gasteiger partial charge in [-0.25, -0.2) is 9.13 Å². The van der Waals surface area contributed by atoms with E-state index in [0.717, 1.165) is 108 Å². The van der Waals surface area contributed by atoms with Gasteiger partial charge in [0.15, 0.2) is 12.2 Å². The van der Waals surface area contributed by atoms with Crippen molar-refractivity contribution in [1.29, 1.82) is 0 Å². The van der Waals surface area contributed by atoms with Crippen molar-refractivity contribution in [3.63, 3.8) is 0 Å². The van der Waals surface area contributed by atoms with E-state index in [-0.39, 0.29) is 25.7 Å². The number of hydrogen-bond donors (Lipinski definition) is 3. The first kappa shape index (κ1) is 89.1. The van der Waals surface area contributed by atoms with Crippen LogP contribution >= 0.6 is 15.6 Å². The zero-order valence-corrected chi connectivity index (χ0v) is 61.1. The summed E-state index contributed by atoms with van der Waals surface area (Å²) in [6, 6.07) is 0. The lowest BCUT2D eigenvalue weighted by atomic mass is 9.99. The van der Waals surface area contributed by atoms with Crippen LogP contribution in [0.5, 0.6) is 0 Å². The van der Waals surface area contributed by atoms with Crippen LogP contribution in [-0.2, 0) is 65.4 Å². The molecular formula is C72H140O17P2. The van der Waals surface area contributed by atoms with Crippen LogP contribution in [0.2, 0.25) is 0 Å². The van der Waals surface area contributed by atoms with Gasteiger partial charge in [-0.05, 0) is 43.4 Å². The van der Waals surface area contributed by atoms with Crippen LogP contribution in [0.1, 0.15) is 363 Å². The number of phosphoric acid groups is 2. The Morgan fingerprint density at radius 2 is 0.560 bits per heavy atom. The zero-order valence-electron chi connectivity index (χ0n) is 59.3. The lowest BCUT2D eigenvalue weighted by Crippen LogP contribution is -2.30. The quantitative estimate of drug-likeness (QED) is 0.0222. The van der Waals surface area contributed by atoms with Crippen LogP contribution in [-0.4, -0.2) is 96.7 Å². The molecule has 0 aliphatic carbocycles. The second kappa shape index (κ2) is 62.8. The number of hydrogen-bond acceptors (Lipinski definition) is 15. The maximum absolute atomic E-state index is 13.0. The Morgan fingerprint density at radius 1 is 0.319 bits per heavy atom. The van der Waals surface area contributed by atoms with Crippen molar-refractivity contribution in [3.05, 3.63) is 0 Å². The number of rotatable bonds is 70. The first-order valence-corrected chi connectivity index (χ1v) is 40.4. The average molecular weight is 1340 g/mol. The maximum Gasteiger partial charge on any atom is 0.472 e. The van der Waals surface area contributed by atoms with E-state index in [9.17, 15) is 43.2 Å². The molecule has 0 aliphatic heterocycles. The first-order valence-electron chi connectivity index (χ1n) is 37.4. The third kappa shape index (κ3) is 65.1. The summed E-state index contributed by atoms with van der Waals surface area (Å²) in [5.74, 6) is 0.173. The molecular weight excluding hydrogens is 1200 g/mol. The van der Waals surface area contributed by atoms with Gasteiger partial charge in [-0.3, -0.25) is 37.3 Å². The van der Waals surface area contributed by atoms with Crippen LogP contribution in [0.15, 0.2) is 0 Å². The summed E-state index contributed by atoms with van der Waals surface area (Å²) in [7, 11) is -9.90. The van der Waals surface area contributed by atoms with Crippen molar-refractivity contribution in [2.75, 3.05) is 39.6 Å². The Kier molecular flexibility index (Phi) is 61.5. The van der Waals surface area contributed by atoms with E-state index < -0.39 is 97.5 Å². The van der Waals surface area contributed by atoms with E-state index in [1.165, 1.54) is 173 Å². The van der Waals surface area contributed by atoms with Gasteiger partial charge in [-0.2, -0.15) is 0 Å². The summed E-state index contributed by atoms with van der Waals surface area (Å²) >= 11 is 0. The van der Waals surface area contributed by atoms with E-state index in [4.69, 9.17) is 37.0 Å². The molecule has 0 bridgehead atoms. The molecule has 0 fully saturated rings. The molecule has 0 saturated heterocycles. The highest BCUT2D eigenvalue weighted by atomic mass is 31.2. The highest BCUT2D eigenvalue weighted by molar-refractivity contribution is 7.47. The highest BCUT2D eigenvalue weighted by Crippen LogP contribution is 2.45. The van der Waals surface area contributed by atoms with Gasteiger partial charge in [0.1, 0.15) is 19.3 Å². The van der Waals surface area contributed by atoms with Gasteiger partial charge in [0.05, 0.1) is 26.4 Å². The number of ether oxygens (including phenoxy) is 4. The smallest absolute Gasteiger partial charge is 0.462 e. The van der Waals surface area contributed by atoms with E-state index in [1.54, 1.807) is 0 Å². The predicted molar refractivity (Wildman–Crippen MR) is 368 cm³/mol. The highest BCUT2D eigenvalue weighted by Gasteiger charge is 2.30. The second-order valence-corrected chi connectivity index (χ2v) is 30.1. The molecule has 0 radical (unpaired) electrons. The topological polar surface area (TPSA) is 237 Å². The van der Waals surface area contributed by atoms with Crippen LogP contribution in [0.4, 0.5) is 0 Å². The van der Waals surface area contributed by atoms with E-state index in [1.807, 2.05) is 0 Å². The molecule has 0 aromatic heterocycles. The van der Waals surface area contributed by atoms with Gasteiger partial charge in [-0.1, -0.05) is 312 Å². The minimum absolute atomic E-state index is 0.104. The lowest BCUT2D eigenvalue weighted by molar-refractivity contribution is -0.161. The Morgan fingerprint density at radius 3 is 0.835 bits per heavy atom. The van der Waals surface area contributed by atoms with Crippen molar-refractivity contribution in [1.82, 2.24) is 0 Å². The molecule has 0 saturated carbocycles. The van der Waals surface area contributed by atoms with E-state index in [2.05, 4.69) is 48.5 Å². The molecule has 3 N–H and O–H groups in total. The van der Waals surface area contributed by atoms with Crippen molar-refractivity contribution < 1.29 is 80.2 Å². The fraction of sp³-hybridized carbons (Fsp3) is 0.944. The Bertz CT molecular complexity index is 1790. The number of unbranched alkanes of at least 4 members (excludes halogenated alkanes) is 37. The number of aliphatic hydroxyl groups excluding tert-OH is 1. The molecule has 0 aliphatic rings. The third-order valence-electron chi connectivity index (χ3n) is 17.0. The van der Waals surface area contributed by atoms with Gasteiger partial charge in [-0.15, -0.1) is 0 Å². The molecule has 0 aromatic rings. The molecule has 540 valence electrons. The Hall–Kier alpha value is -1.94. The van der Waals surface area contributed by atoms with E-state index in [0.29, 0.717) is 25.7 Å². The number of phosphoric ester groups is 2. The molecule has 0 aromatic carbocycles. The number of carbonyl (C=O) groups is 4. The maximum atomic E-state index is 13.0. The summed E-state index contributed by atoms with van der Waals surface area (Å²) in [6.45, 7) is 11.8. The molecule has 0 spiro atoms. The lowest BCUT2D eigenvalue weighted by Gasteiger charge is -2.21. The van der Waals surface area contributed by atoms with Gasteiger partial charge >= 0.3 is 39.5 Å². The van der Waals surface area contributed by atoms with Crippen molar-refractivity contribution in [2.24, 2.45) is 17.8 Å². The number of aliphatic hydroxyl groups is 1. The molecule has 0 rings (SSSR count). The van der Waals surface area contributed by atoms with Crippen LogP contribution in [0.3, 0.4) is 0 Å². The molecule has 6 atom stereocenters. The number of carbonyl (C=O) groups excluding carboxylic acids is 4. The van der Waals surface area contributed by atoms with Crippen molar-refractivity contribution in [2.45, 2.75) is 381 Å².